The van der Waals surface area contributed by atoms with E-state index in [1.165, 1.54) is 29.5 Å². The summed E-state index contributed by atoms with van der Waals surface area (Å²) in [5.74, 6) is -0.232. The van der Waals surface area contributed by atoms with Gasteiger partial charge in [0.25, 0.3) is 0 Å². The molecule has 3 rings (SSSR count). The van der Waals surface area contributed by atoms with Crippen LogP contribution in [0, 0.1) is 0 Å². The number of nitrogens with one attached hydrogen (secondary N) is 1. The molecule has 0 amide bonds. The molecular weight excluding hydrogens is 305 g/mol. The van der Waals surface area contributed by atoms with Crippen molar-refractivity contribution in [2.75, 3.05) is 18.5 Å². The molecule has 8 heteroatoms. The average molecular weight is 318 g/mol. The first-order valence-corrected chi connectivity index (χ1v) is 7.33. The Balaban J connectivity index is 1.70. The van der Waals surface area contributed by atoms with Gasteiger partial charge < -0.3 is 14.8 Å². The summed E-state index contributed by atoms with van der Waals surface area (Å²) in [5, 5.41) is 3.83. The normalized spacial score (nSPS) is 19.1. The third kappa shape index (κ3) is 3.76. The standard InChI is InChI=1S/C13H13F3N2O2S/c14-13(15,16)20-8-3-4-10-11(6-8)21-12(18-10)17-7-9-2-1-5-19-9/h3-4,6,9H,1-2,5,7H2,(H,17,18)/t9-/m1/s1. The highest BCUT2D eigenvalue weighted by Crippen LogP contribution is 2.31. The number of anilines is 1. The number of fused-ring (bicyclic) bond motifs is 1. The molecule has 1 aliphatic rings. The Morgan fingerprint density at radius 2 is 2.29 bits per heavy atom. The summed E-state index contributed by atoms with van der Waals surface area (Å²) in [6, 6.07) is 4.13. The Hall–Kier alpha value is -1.54. The van der Waals surface area contributed by atoms with E-state index in [0.717, 1.165) is 19.4 Å². The Morgan fingerprint density at radius 1 is 1.43 bits per heavy atom. The van der Waals surface area contributed by atoms with Crippen molar-refractivity contribution < 1.29 is 22.6 Å². The second-order valence-electron chi connectivity index (χ2n) is 4.71. The van der Waals surface area contributed by atoms with Gasteiger partial charge in [0.05, 0.1) is 16.3 Å². The molecule has 0 radical (unpaired) electrons. The van der Waals surface area contributed by atoms with E-state index in [-0.39, 0.29) is 11.9 Å². The predicted molar refractivity (Wildman–Crippen MR) is 73.8 cm³/mol. The number of alkyl halides is 3. The SMILES string of the molecule is FC(F)(F)Oc1ccc2nc(NC[C@H]3CCCO3)sc2c1. The fourth-order valence-electron chi connectivity index (χ4n) is 2.18. The van der Waals surface area contributed by atoms with Crippen molar-refractivity contribution in [3.63, 3.8) is 0 Å². The van der Waals surface area contributed by atoms with Crippen molar-refractivity contribution in [2.24, 2.45) is 0 Å². The van der Waals surface area contributed by atoms with Crippen LogP contribution in [-0.4, -0.2) is 30.6 Å². The van der Waals surface area contributed by atoms with E-state index in [4.69, 9.17) is 4.74 Å². The highest BCUT2D eigenvalue weighted by molar-refractivity contribution is 7.22. The highest BCUT2D eigenvalue weighted by atomic mass is 32.1. The Bertz CT molecular complexity index is 623. The first kappa shape index (κ1) is 14.4. The van der Waals surface area contributed by atoms with Crippen LogP contribution in [0.15, 0.2) is 18.2 Å². The van der Waals surface area contributed by atoms with Crippen LogP contribution in [0.1, 0.15) is 12.8 Å². The molecule has 1 N–H and O–H groups in total. The molecule has 1 fully saturated rings. The molecular formula is C13H13F3N2O2S. The van der Waals surface area contributed by atoms with Gasteiger partial charge in [-0.15, -0.1) is 13.2 Å². The molecule has 0 saturated carbocycles. The lowest BCUT2D eigenvalue weighted by Gasteiger charge is -2.08. The fourth-order valence-corrected chi connectivity index (χ4v) is 3.09. The van der Waals surface area contributed by atoms with Gasteiger partial charge in [-0.05, 0) is 25.0 Å². The van der Waals surface area contributed by atoms with Gasteiger partial charge in [-0.2, -0.15) is 0 Å². The average Bonchev–Trinajstić information content (AvgIpc) is 3.02. The van der Waals surface area contributed by atoms with Gasteiger partial charge in [-0.3, -0.25) is 0 Å². The lowest BCUT2D eigenvalue weighted by molar-refractivity contribution is -0.274. The molecule has 2 aromatic rings. The molecule has 4 nitrogen and oxygen atoms in total. The molecule has 1 aromatic carbocycles. The van der Waals surface area contributed by atoms with E-state index in [9.17, 15) is 13.2 Å². The third-order valence-corrected chi connectivity index (χ3v) is 4.07. The van der Waals surface area contributed by atoms with Gasteiger partial charge >= 0.3 is 6.36 Å². The minimum absolute atomic E-state index is 0.182. The number of thiazole rings is 1. The number of hydrogen-bond donors (Lipinski definition) is 1. The van der Waals surface area contributed by atoms with Crippen LogP contribution in [0.25, 0.3) is 10.2 Å². The van der Waals surface area contributed by atoms with Crippen molar-refractivity contribution in [3.8, 4) is 5.75 Å². The van der Waals surface area contributed by atoms with E-state index >= 15 is 0 Å². The van der Waals surface area contributed by atoms with Crippen LogP contribution >= 0.6 is 11.3 Å². The molecule has 2 heterocycles. The van der Waals surface area contributed by atoms with Crippen molar-refractivity contribution in [1.82, 2.24) is 4.98 Å². The number of rotatable bonds is 4. The number of ether oxygens (including phenoxy) is 2. The predicted octanol–water partition coefficient (Wildman–Crippen LogP) is 3.79. The van der Waals surface area contributed by atoms with E-state index in [1.54, 1.807) is 0 Å². The zero-order valence-electron chi connectivity index (χ0n) is 10.9. The largest absolute Gasteiger partial charge is 0.573 e. The van der Waals surface area contributed by atoms with Crippen LogP contribution in [0.3, 0.4) is 0 Å². The summed E-state index contributed by atoms with van der Waals surface area (Å²) < 4.78 is 46.6. The number of halogens is 3. The lowest BCUT2D eigenvalue weighted by Crippen LogP contribution is -2.18. The van der Waals surface area contributed by atoms with Gasteiger partial charge in [0, 0.05) is 19.2 Å². The first-order valence-electron chi connectivity index (χ1n) is 6.51. The summed E-state index contributed by atoms with van der Waals surface area (Å²) in [7, 11) is 0. The van der Waals surface area contributed by atoms with Crippen LogP contribution < -0.4 is 10.1 Å². The Kier molecular flexibility index (Phi) is 3.90. The second-order valence-corrected chi connectivity index (χ2v) is 5.74. The van der Waals surface area contributed by atoms with Crippen molar-refractivity contribution in [3.05, 3.63) is 18.2 Å². The van der Waals surface area contributed by atoms with Crippen LogP contribution in [-0.2, 0) is 4.74 Å². The van der Waals surface area contributed by atoms with Gasteiger partial charge in [0.2, 0.25) is 0 Å². The number of hydrogen-bond acceptors (Lipinski definition) is 5. The van der Waals surface area contributed by atoms with Crippen molar-refractivity contribution in [1.29, 1.82) is 0 Å². The smallest absolute Gasteiger partial charge is 0.406 e. The molecule has 114 valence electrons. The van der Waals surface area contributed by atoms with Crippen LogP contribution in [0.4, 0.5) is 18.3 Å². The molecule has 0 aliphatic carbocycles. The van der Waals surface area contributed by atoms with Crippen molar-refractivity contribution in [2.45, 2.75) is 25.3 Å². The summed E-state index contributed by atoms with van der Waals surface area (Å²) in [4.78, 5) is 4.33. The molecule has 0 unspecified atom stereocenters. The highest BCUT2D eigenvalue weighted by Gasteiger charge is 2.31. The summed E-state index contributed by atoms with van der Waals surface area (Å²) >= 11 is 1.30. The maximum Gasteiger partial charge on any atom is 0.573 e. The zero-order valence-corrected chi connectivity index (χ0v) is 11.8. The number of benzene rings is 1. The first-order chi connectivity index (χ1) is 9.99. The second kappa shape index (κ2) is 5.69. The van der Waals surface area contributed by atoms with Crippen LogP contribution in [0.2, 0.25) is 0 Å². The fraction of sp³-hybridized carbons (Fsp3) is 0.462. The van der Waals surface area contributed by atoms with E-state index in [2.05, 4.69) is 15.0 Å². The quantitative estimate of drug-likeness (QED) is 0.931. The van der Waals surface area contributed by atoms with Gasteiger partial charge in [0.15, 0.2) is 5.13 Å². The van der Waals surface area contributed by atoms with Gasteiger partial charge in [-0.25, -0.2) is 4.98 Å². The molecule has 0 spiro atoms. The summed E-state index contributed by atoms with van der Waals surface area (Å²) in [6.45, 7) is 1.44. The number of aromatic nitrogens is 1. The Labute approximate surface area is 122 Å². The minimum atomic E-state index is -4.68. The molecule has 1 saturated heterocycles. The zero-order chi connectivity index (χ0) is 14.9. The molecule has 1 aromatic heterocycles. The molecule has 1 atom stereocenters. The topological polar surface area (TPSA) is 43.4 Å². The van der Waals surface area contributed by atoms with E-state index < -0.39 is 6.36 Å². The maximum absolute atomic E-state index is 12.2. The number of nitrogens with zero attached hydrogens (tertiary/aromatic N) is 1. The van der Waals surface area contributed by atoms with Crippen molar-refractivity contribution >= 4 is 26.7 Å². The lowest BCUT2D eigenvalue weighted by atomic mass is 10.2. The minimum Gasteiger partial charge on any atom is -0.406 e. The molecule has 0 bridgehead atoms. The third-order valence-electron chi connectivity index (χ3n) is 3.10. The maximum atomic E-state index is 12.2. The van der Waals surface area contributed by atoms with Crippen LogP contribution in [0.5, 0.6) is 5.75 Å². The summed E-state index contributed by atoms with van der Waals surface area (Å²) in [5.41, 5.74) is 0.643. The molecule has 1 aliphatic heterocycles. The van der Waals surface area contributed by atoms with E-state index in [1.807, 2.05) is 0 Å². The molecule has 21 heavy (non-hydrogen) atoms. The summed E-state index contributed by atoms with van der Waals surface area (Å²) in [6.07, 6.45) is -2.42. The van der Waals surface area contributed by atoms with Gasteiger partial charge in [0.1, 0.15) is 5.75 Å². The monoisotopic (exact) mass is 318 g/mol. The van der Waals surface area contributed by atoms with E-state index in [0.29, 0.717) is 21.9 Å². The Morgan fingerprint density at radius 3 is 3.00 bits per heavy atom. The van der Waals surface area contributed by atoms with Gasteiger partial charge in [-0.1, -0.05) is 11.3 Å².